The third kappa shape index (κ3) is 11.8. The summed E-state index contributed by atoms with van der Waals surface area (Å²) < 4.78 is 205. The predicted octanol–water partition coefficient (Wildman–Crippen LogP) is 7.81. The van der Waals surface area contributed by atoms with Crippen molar-refractivity contribution in [3.05, 3.63) is 131 Å². The minimum Gasteiger partial charge on any atom is -0.397 e. The van der Waals surface area contributed by atoms with Gasteiger partial charge in [0.15, 0.2) is 0 Å². The first-order valence-electron chi connectivity index (χ1n) is 19.4. The quantitative estimate of drug-likeness (QED) is 0.0223. The second kappa shape index (κ2) is 19.1. The van der Waals surface area contributed by atoms with Crippen molar-refractivity contribution >= 4 is 141 Å². The molecule has 0 aliphatic carbocycles. The minimum absolute atomic E-state index is 0.0282. The lowest BCUT2D eigenvalue weighted by molar-refractivity contribution is 0.477. The third-order valence-electron chi connectivity index (χ3n) is 10.2. The van der Waals surface area contributed by atoms with E-state index in [4.69, 9.17) is 11.5 Å². The molecule has 0 aliphatic heterocycles. The summed E-state index contributed by atoms with van der Waals surface area (Å²) in [5.41, 5.74) is 11.6. The molecule has 0 heterocycles. The Balaban J connectivity index is 1.14. The summed E-state index contributed by atoms with van der Waals surface area (Å²) in [5, 5.41) is 14.7. The highest BCUT2D eigenvalue weighted by Crippen LogP contribution is 2.40. The average molecular weight is 1100 g/mol. The molecule has 0 bridgehead atoms. The number of hydrogen-bond donors (Lipinski definition) is 8. The van der Waals surface area contributed by atoms with Gasteiger partial charge in [0.1, 0.15) is 31.0 Å². The van der Waals surface area contributed by atoms with E-state index in [1.54, 1.807) is 24.3 Å². The van der Waals surface area contributed by atoms with Gasteiger partial charge in [-0.1, -0.05) is 72.8 Å². The topological polar surface area (TPSA) is 428 Å². The highest BCUT2D eigenvalue weighted by molar-refractivity contribution is 7.87. The van der Waals surface area contributed by atoms with Crippen LogP contribution in [0.15, 0.2) is 159 Å². The molecule has 0 atom stereocenters. The molecule has 0 fully saturated rings. The molecule has 30 heteroatoms. The van der Waals surface area contributed by atoms with Crippen molar-refractivity contribution in [3.8, 4) is 0 Å². The van der Waals surface area contributed by atoms with Crippen molar-refractivity contribution in [2.45, 2.75) is 29.4 Å². The van der Waals surface area contributed by atoms with Gasteiger partial charge in [-0.2, -0.15) is 60.7 Å². The maximum Gasteiger partial charge on any atom is 0.295 e. The second-order valence-corrected chi connectivity index (χ2v) is 23.5. The van der Waals surface area contributed by atoms with Gasteiger partial charge in [0.05, 0.1) is 32.5 Å². The lowest BCUT2D eigenvalue weighted by atomic mass is 10.1. The van der Waals surface area contributed by atoms with Gasteiger partial charge in [-0.05, 0) is 82.9 Å². The Hall–Kier alpha value is -7.20. The van der Waals surface area contributed by atoms with E-state index in [9.17, 15) is 77.8 Å². The van der Waals surface area contributed by atoms with Crippen LogP contribution >= 0.6 is 0 Å². The fourth-order valence-corrected chi connectivity index (χ4v) is 11.0. The van der Waals surface area contributed by atoms with E-state index in [-0.39, 0.29) is 66.8 Å². The van der Waals surface area contributed by atoms with Crippen LogP contribution in [0.4, 0.5) is 34.1 Å². The molecule has 0 saturated carbocycles. The normalized spacial score (nSPS) is 13.4. The molecule has 0 radical (unpaired) electrons. The van der Waals surface area contributed by atoms with Crippen molar-refractivity contribution in [2.24, 2.45) is 20.5 Å². The third-order valence-corrected chi connectivity index (χ3v) is 15.5. The lowest BCUT2D eigenvalue weighted by Gasteiger charge is -2.10. The average Bonchev–Trinajstić information content (AvgIpc) is 3.27. The van der Waals surface area contributed by atoms with Crippen molar-refractivity contribution in [1.82, 2.24) is 0 Å². The zero-order valence-electron chi connectivity index (χ0n) is 35.7. The number of nitrogen functional groups attached to an aromatic ring is 2. The van der Waals surface area contributed by atoms with Crippen molar-refractivity contribution in [1.29, 1.82) is 0 Å². The summed E-state index contributed by atoms with van der Waals surface area (Å²) in [6.07, 6.45) is 5.63. The summed E-state index contributed by atoms with van der Waals surface area (Å²) in [5.74, 6) is 0. The van der Waals surface area contributed by atoms with Crippen molar-refractivity contribution in [3.63, 3.8) is 0 Å². The smallest absolute Gasteiger partial charge is 0.295 e. The first-order chi connectivity index (χ1) is 33.3. The molecule has 10 N–H and O–H groups in total. The zero-order chi connectivity index (χ0) is 52.9. The number of anilines is 2. The molecule has 0 amide bonds. The molecular formula is C42H32N6O18S6. The van der Waals surface area contributed by atoms with Crippen LogP contribution in [-0.4, -0.2) is 77.8 Å². The summed E-state index contributed by atoms with van der Waals surface area (Å²) >= 11 is 0. The van der Waals surface area contributed by atoms with Gasteiger partial charge in [-0.15, -0.1) is 10.2 Å². The summed E-state index contributed by atoms with van der Waals surface area (Å²) in [7, 11) is -30.0. The molecule has 7 aromatic rings. The molecule has 7 rings (SSSR count). The van der Waals surface area contributed by atoms with E-state index in [1.807, 2.05) is 0 Å². The number of fused-ring (bicyclic) bond motifs is 2. The van der Waals surface area contributed by atoms with Gasteiger partial charge in [-0.25, -0.2) is 0 Å². The lowest BCUT2D eigenvalue weighted by Crippen LogP contribution is -2.04. The van der Waals surface area contributed by atoms with E-state index in [0.29, 0.717) is 23.3 Å². The molecule has 72 heavy (non-hydrogen) atoms. The Morgan fingerprint density at radius 1 is 0.333 bits per heavy atom. The maximum absolute atomic E-state index is 12.5. The first kappa shape index (κ1) is 52.6. The van der Waals surface area contributed by atoms with Crippen LogP contribution in [0.1, 0.15) is 22.3 Å². The fraction of sp³-hybridized carbons (Fsp3) is 0. The molecule has 0 spiro atoms. The van der Waals surface area contributed by atoms with Crippen LogP contribution in [0.2, 0.25) is 0 Å². The van der Waals surface area contributed by atoms with Gasteiger partial charge >= 0.3 is 0 Å². The van der Waals surface area contributed by atoms with Gasteiger partial charge < -0.3 is 11.5 Å². The standard InChI is InChI=1S/C42H32N6O18S6/c43-35-15-13-31-33(19-29(67(49,50)51)21-39(31)71(61,62)63)41(35)47-45-27-11-9-25(37(17-27)69(55,56)57)7-5-23-1-2-24(4-3-23)6-8-26-10-12-28(18-38(26)70(58,59)60)46-48-42-34-20-30(68(52,53)54)22-40(72(64,65)66)32(34)14-16-36(42)44/h1-22H,43-44H2,(H,49,50,51)(H,52,53,54)(H,55,56,57)(H,58,59,60)(H,61,62,63)(H,64,65,66)/b7-5-,8-6-,47-45?,48-46?. The molecule has 24 nitrogen and oxygen atoms in total. The number of nitrogens with zero attached hydrogens (tertiary/aromatic N) is 4. The van der Waals surface area contributed by atoms with Gasteiger partial charge in [0, 0.05) is 21.5 Å². The van der Waals surface area contributed by atoms with Gasteiger partial charge in [-0.3, -0.25) is 27.3 Å². The Morgan fingerprint density at radius 2 is 0.667 bits per heavy atom. The number of benzene rings is 7. The number of nitrogens with two attached hydrogens (primary N) is 2. The second-order valence-electron chi connectivity index (χ2n) is 15.1. The van der Waals surface area contributed by atoms with Gasteiger partial charge in [0.2, 0.25) is 0 Å². The number of hydrogen-bond acceptors (Lipinski definition) is 18. The Labute approximate surface area is 408 Å². The van der Waals surface area contributed by atoms with Crippen LogP contribution in [0.3, 0.4) is 0 Å². The SMILES string of the molecule is Nc1ccc2c(S(=O)(=O)O)cc(S(=O)(=O)O)cc2c1N=Nc1ccc(/C=C\c2ccc(/C=C\c3ccc(N=Nc4c(N)ccc5c(S(=O)(=O)O)cc(S(=O)(=O)O)cc45)cc3S(=O)(=O)O)cc2)c(S(=O)(=O)O)c1. The van der Waals surface area contributed by atoms with E-state index in [2.05, 4.69) is 20.5 Å². The zero-order valence-corrected chi connectivity index (χ0v) is 40.6. The van der Waals surface area contributed by atoms with E-state index in [0.717, 1.165) is 36.4 Å². The highest BCUT2D eigenvalue weighted by atomic mass is 32.2. The molecule has 374 valence electrons. The largest absolute Gasteiger partial charge is 0.397 e. The highest BCUT2D eigenvalue weighted by Gasteiger charge is 2.25. The molecule has 0 aliphatic rings. The Bertz CT molecular complexity index is 4000. The molecule has 0 unspecified atom stereocenters. The van der Waals surface area contributed by atoms with Crippen LogP contribution < -0.4 is 11.5 Å². The van der Waals surface area contributed by atoms with E-state index in [1.165, 1.54) is 60.7 Å². The van der Waals surface area contributed by atoms with Crippen LogP contribution in [0.5, 0.6) is 0 Å². The molecule has 0 saturated heterocycles. The number of azo groups is 2. The van der Waals surface area contributed by atoms with E-state index < -0.39 is 90.1 Å². The van der Waals surface area contributed by atoms with Crippen molar-refractivity contribution < 1.29 is 77.8 Å². The van der Waals surface area contributed by atoms with Crippen LogP contribution in [-0.2, 0) is 60.7 Å². The van der Waals surface area contributed by atoms with Crippen LogP contribution in [0.25, 0.3) is 45.8 Å². The van der Waals surface area contributed by atoms with E-state index >= 15 is 0 Å². The number of rotatable bonds is 14. The molecule has 7 aromatic carbocycles. The minimum atomic E-state index is -5.06. The molecule has 0 aromatic heterocycles. The summed E-state index contributed by atoms with van der Waals surface area (Å²) in [6, 6.07) is 20.7. The Kier molecular flexibility index (Phi) is 14.0. The monoisotopic (exact) mass is 1100 g/mol. The fourth-order valence-electron chi connectivity index (χ4n) is 6.90. The maximum atomic E-state index is 12.5. The molecular weight excluding hydrogens is 1070 g/mol. The Morgan fingerprint density at radius 3 is 0.972 bits per heavy atom. The first-order valence-corrected chi connectivity index (χ1v) is 28.1. The summed E-state index contributed by atoms with van der Waals surface area (Å²) in [6.45, 7) is 0. The van der Waals surface area contributed by atoms with Crippen LogP contribution in [0, 0.1) is 0 Å². The summed E-state index contributed by atoms with van der Waals surface area (Å²) in [4.78, 5) is -4.92. The van der Waals surface area contributed by atoms with Crippen molar-refractivity contribution in [2.75, 3.05) is 11.5 Å². The predicted molar refractivity (Wildman–Crippen MR) is 261 cm³/mol. The van der Waals surface area contributed by atoms with Gasteiger partial charge in [0.25, 0.3) is 60.7 Å².